The maximum Gasteiger partial charge on any atom is 0.119 e. The zero-order valence-corrected chi connectivity index (χ0v) is 12.9. The molecule has 0 radical (unpaired) electrons. The molecule has 5 heteroatoms. The van der Waals surface area contributed by atoms with E-state index in [0.29, 0.717) is 6.61 Å². The predicted molar refractivity (Wildman–Crippen MR) is 83.4 cm³/mol. The lowest BCUT2D eigenvalue weighted by atomic mass is 10.1. The minimum atomic E-state index is 0.231. The van der Waals surface area contributed by atoms with Crippen LogP contribution in [0.1, 0.15) is 11.3 Å². The molecule has 102 valence electrons. The third-order valence-corrected chi connectivity index (χ3v) is 4.50. The summed E-state index contributed by atoms with van der Waals surface area (Å²) in [6, 6.07) is 12.2. The number of para-hydroxylation sites is 1. The van der Waals surface area contributed by atoms with Gasteiger partial charge in [-0.1, -0.05) is 18.2 Å². The molecule has 19 heavy (non-hydrogen) atoms. The Balaban J connectivity index is 1.76. The molecule has 0 bridgehead atoms. The van der Waals surface area contributed by atoms with Crippen LogP contribution in [0.15, 0.2) is 46.3 Å². The average Bonchev–Trinajstić information content (AvgIpc) is 2.84. The Hall–Kier alpha value is -0.880. The van der Waals surface area contributed by atoms with Crippen molar-refractivity contribution in [3.8, 4) is 5.75 Å². The number of benzene rings is 1. The van der Waals surface area contributed by atoms with E-state index < -0.39 is 0 Å². The van der Waals surface area contributed by atoms with E-state index in [1.807, 2.05) is 30.3 Å². The molecule has 0 fully saturated rings. The van der Waals surface area contributed by atoms with Crippen LogP contribution in [0.2, 0.25) is 0 Å². The molecule has 1 unspecified atom stereocenters. The van der Waals surface area contributed by atoms with E-state index in [0.717, 1.165) is 23.1 Å². The number of hydrazine groups is 1. The number of ether oxygens (including phenoxy) is 1. The lowest BCUT2D eigenvalue weighted by molar-refractivity contribution is 0.285. The molecule has 0 saturated heterocycles. The van der Waals surface area contributed by atoms with Gasteiger partial charge >= 0.3 is 0 Å². The summed E-state index contributed by atoms with van der Waals surface area (Å²) >= 11 is 5.20. The quantitative estimate of drug-likeness (QED) is 0.600. The van der Waals surface area contributed by atoms with Crippen LogP contribution in [0.25, 0.3) is 0 Å². The van der Waals surface area contributed by atoms with Gasteiger partial charge < -0.3 is 4.74 Å². The highest BCUT2D eigenvalue weighted by Gasteiger charge is 2.09. The summed E-state index contributed by atoms with van der Waals surface area (Å²) in [5.41, 5.74) is 2.86. The second-order valence-corrected chi connectivity index (χ2v) is 6.16. The Morgan fingerprint density at radius 1 is 1.32 bits per heavy atom. The molecular formula is C14H17BrN2OS. The van der Waals surface area contributed by atoms with Crippen LogP contribution in [0.4, 0.5) is 0 Å². The first-order valence-corrected chi connectivity index (χ1v) is 7.82. The van der Waals surface area contributed by atoms with Crippen LogP contribution in [0.5, 0.6) is 5.75 Å². The van der Waals surface area contributed by atoms with E-state index in [4.69, 9.17) is 10.6 Å². The highest BCUT2D eigenvalue weighted by atomic mass is 79.9. The number of halogens is 1. The standard InChI is InChI=1S/C14H17BrN2OS/c15-11-8-14(19-10-11)9-12(17-16)6-7-18-13-4-2-1-3-5-13/h1-5,8,10,12,17H,6-7,9,16H2. The summed E-state index contributed by atoms with van der Waals surface area (Å²) in [7, 11) is 0. The first-order valence-electron chi connectivity index (χ1n) is 6.15. The number of hydrogen-bond acceptors (Lipinski definition) is 4. The third-order valence-electron chi connectivity index (χ3n) is 2.78. The first kappa shape index (κ1) is 14.5. The molecule has 0 amide bonds. The Bertz CT molecular complexity index is 489. The van der Waals surface area contributed by atoms with Crippen molar-refractivity contribution in [2.24, 2.45) is 5.84 Å². The van der Waals surface area contributed by atoms with Gasteiger partial charge in [-0.2, -0.15) is 0 Å². The maximum atomic E-state index is 5.68. The zero-order valence-electron chi connectivity index (χ0n) is 10.5. The van der Waals surface area contributed by atoms with Crippen LogP contribution in [-0.4, -0.2) is 12.6 Å². The van der Waals surface area contributed by atoms with E-state index in [9.17, 15) is 0 Å². The van der Waals surface area contributed by atoms with Crippen molar-refractivity contribution in [2.45, 2.75) is 18.9 Å². The normalized spacial score (nSPS) is 12.3. The van der Waals surface area contributed by atoms with Crippen molar-refractivity contribution in [2.75, 3.05) is 6.61 Å². The predicted octanol–water partition coefficient (Wildman–Crippen LogP) is 3.35. The molecule has 1 aromatic carbocycles. The maximum absolute atomic E-state index is 5.68. The fraction of sp³-hybridized carbons (Fsp3) is 0.286. The Kier molecular flexibility index (Phi) is 5.85. The van der Waals surface area contributed by atoms with E-state index in [1.54, 1.807) is 11.3 Å². The zero-order chi connectivity index (χ0) is 13.5. The van der Waals surface area contributed by atoms with Gasteiger partial charge in [0.05, 0.1) is 6.61 Å². The molecule has 3 nitrogen and oxygen atoms in total. The SMILES string of the molecule is NNC(CCOc1ccccc1)Cc1cc(Br)cs1. The molecule has 0 aliphatic carbocycles. The number of hydrogen-bond donors (Lipinski definition) is 2. The monoisotopic (exact) mass is 340 g/mol. The molecule has 1 aromatic heterocycles. The molecular weight excluding hydrogens is 324 g/mol. The number of nitrogens with one attached hydrogen (secondary N) is 1. The van der Waals surface area contributed by atoms with Crippen molar-refractivity contribution in [3.05, 3.63) is 51.1 Å². The van der Waals surface area contributed by atoms with Gasteiger partial charge in [-0.15, -0.1) is 11.3 Å². The molecule has 2 aromatic rings. The summed E-state index contributed by atoms with van der Waals surface area (Å²) in [5, 5.41) is 2.09. The third kappa shape index (κ3) is 4.95. The summed E-state index contributed by atoms with van der Waals surface area (Å²) in [6.07, 6.45) is 1.80. The van der Waals surface area contributed by atoms with Crippen molar-refractivity contribution in [3.63, 3.8) is 0 Å². The van der Waals surface area contributed by atoms with Gasteiger partial charge in [0.25, 0.3) is 0 Å². The van der Waals surface area contributed by atoms with Crippen LogP contribution in [0.3, 0.4) is 0 Å². The average molecular weight is 341 g/mol. The summed E-state index contributed by atoms with van der Waals surface area (Å²) in [6.45, 7) is 0.658. The van der Waals surface area contributed by atoms with Crippen molar-refractivity contribution in [1.82, 2.24) is 5.43 Å². The van der Waals surface area contributed by atoms with E-state index in [1.165, 1.54) is 4.88 Å². The topological polar surface area (TPSA) is 47.3 Å². The van der Waals surface area contributed by atoms with E-state index in [-0.39, 0.29) is 6.04 Å². The largest absolute Gasteiger partial charge is 0.494 e. The fourth-order valence-electron chi connectivity index (χ4n) is 1.78. The van der Waals surface area contributed by atoms with Crippen molar-refractivity contribution >= 4 is 27.3 Å². The molecule has 0 aliphatic rings. The summed E-state index contributed by atoms with van der Waals surface area (Å²) < 4.78 is 6.81. The van der Waals surface area contributed by atoms with Gasteiger partial charge in [0.2, 0.25) is 0 Å². The number of thiophene rings is 1. The molecule has 1 atom stereocenters. The molecule has 1 heterocycles. The summed E-state index contributed by atoms with van der Waals surface area (Å²) in [5.74, 6) is 6.49. The second kappa shape index (κ2) is 7.65. The second-order valence-electron chi connectivity index (χ2n) is 4.25. The van der Waals surface area contributed by atoms with Gasteiger partial charge in [-0.25, -0.2) is 0 Å². The number of rotatable bonds is 7. The number of nitrogens with two attached hydrogens (primary N) is 1. The highest BCUT2D eigenvalue weighted by molar-refractivity contribution is 9.10. The first-order chi connectivity index (χ1) is 9.28. The van der Waals surface area contributed by atoms with Gasteiger partial charge in [0.15, 0.2) is 0 Å². The molecule has 0 saturated carbocycles. The van der Waals surface area contributed by atoms with Crippen LogP contribution < -0.4 is 16.0 Å². The Morgan fingerprint density at radius 3 is 2.74 bits per heavy atom. The minimum absolute atomic E-state index is 0.231. The van der Waals surface area contributed by atoms with E-state index >= 15 is 0 Å². The Morgan fingerprint density at radius 2 is 2.11 bits per heavy atom. The molecule has 0 aliphatic heterocycles. The summed E-state index contributed by atoms with van der Waals surface area (Å²) in [4.78, 5) is 1.31. The van der Waals surface area contributed by atoms with Gasteiger partial charge in [0, 0.05) is 20.8 Å². The van der Waals surface area contributed by atoms with Crippen LogP contribution in [-0.2, 0) is 6.42 Å². The fourth-order valence-corrected chi connectivity index (χ4v) is 3.32. The Labute approximate surface area is 125 Å². The minimum Gasteiger partial charge on any atom is -0.494 e. The van der Waals surface area contributed by atoms with Crippen LogP contribution in [0, 0.1) is 0 Å². The van der Waals surface area contributed by atoms with Crippen molar-refractivity contribution in [1.29, 1.82) is 0 Å². The molecule has 3 N–H and O–H groups in total. The van der Waals surface area contributed by atoms with Gasteiger partial charge in [-0.05, 0) is 47.0 Å². The smallest absolute Gasteiger partial charge is 0.119 e. The van der Waals surface area contributed by atoms with Crippen molar-refractivity contribution < 1.29 is 4.74 Å². The molecule has 0 spiro atoms. The lowest BCUT2D eigenvalue weighted by Gasteiger charge is -2.15. The van der Waals surface area contributed by atoms with E-state index in [2.05, 4.69) is 32.8 Å². The lowest BCUT2D eigenvalue weighted by Crippen LogP contribution is -2.37. The highest BCUT2D eigenvalue weighted by Crippen LogP contribution is 2.21. The van der Waals surface area contributed by atoms with Crippen LogP contribution >= 0.6 is 27.3 Å². The molecule has 2 rings (SSSR count). The van der Waals surface area contributed by atoms with Gasteiger partial charge in [-0.3, -0.25) is 11.3 Å². The van der Waals surface area contributed by atoms with Gasteiger partial charge in [0.1, 0.15) is 5.75 Å².